The van der Waals surface area contributed by atoms with Crippen LogP contribution in [0.15, 0.2) is 22.8 Å². The van der Waals surface area contributed by atoms with E-state index in [4.69, 9.17) is 4.42 Å². The molecule has 1 unspecified atom stereocenters. The Bertz CT molecular complexity index is 218. The molecule has 14 heavy (non-hydrogen) atoms. The topological polar surface area (TPSA) is 25.2 Å². The standard InChI is InChI=1S/C12H21NO/c1-3-4-6-11(2)13-9-8-12-7-5-10-14-12/h5,7,10-11,13H,3-4,6,8-9H2,1-2H3. The van der Waals surface area contributed by atoms with Crippen LogP contribution in [0.5, 0.6) is 0 Å². The molecular formula is C12H21NO. The molecule has 1 aromatic rings. The van der Waals surface area contributed by atoms with E-state index in [1.807, 2.05) is 12.1 Å². The van der Waals surface area contributed by atoms with Crippen LogP contribution in [-0.2, 0) is 6.42 Å². The summed E-state index contributed by atoms with van der Waals surface area (Å²) < 4.78 is 5.26. The van der Waals surface area contributed by atoms with E-state index in [0.717, 1.165) is 18.7 Å². The van der Waals surface area contributed by atoms with Crippen molar-refractivity contribution in [2.24, 2.45) is 0 Å². The predicted octanol–water partition coefficient (Wildman–Crippen LogP) is 2.99. The molecule has 1 aromatic heterocycles. The Balaban J connectivity index is 2.03. The highest BCUT2D eigenvalue weighted by Crippen LogP contribution is 2.02. The van der Waals surface area contributed by atoms with Crippen molar-refractivity contribution < 1.29 is 4.42 Å². The molecule has 0 amide bonds. The molecule has 0 saturated carbocycles. The Morgan fingerprint density at radius 3 is 3.00 bits per heavy atom. The summed E-state index contributed by atoms with van der Waals surface area (Å²) in [5, 5.41) is 3.50. The first-order chi connectivity index (χ1) is 6.83. The van der Waals surface area contributed by atoms with Gasteiger partial charge in [0, 0.05) is 19.0 Å². The minimum Gasteiger partial charge on any atom is -0.469 e. The maximum Gasteiger partial charge on any atom is 0.105 e. The molecule has 1 heterocycles. The monoisotopic (exact) mass is 195 g/mol. The van der Waals surface area contributed by atoms with Crippen LogP contribution in [0.4, 0.5) is 0 Å². The maximum atomic E-state index is 5.26. The van der Waals surface area contributed by atoms with Crippen LogP contribution in [0.3, 0.4) is 0 Å². The number of hydrogen-bond donors (Lipinski definition) is 1. The Hall–Kier alpha value is -0.760. The Kier molecular flexibility index (Phi) is 5.38. The van der Waals surface area contributed by atoms with Crippen molar-refractivity contribution in [3.8, 4) is 0 Å². The van der Waals surface area contributed by atoms with E-state index < -0.39 is 0 Å². The van der Waals surface area contributed by atoms with Crippen LogP contribution in [-0.4, -0.2) is 12.6 Å². The highest BCUT2D eigenvalue weighted by atomic mass is 16.3. The summed E-state index contributed by atoms with van der Waals surface area (Å²) >= 11 is 0. The zero-order valence-electron chi connectivity index (χ0n) is 9.25. The minimum absolute atomic E-state index is 0.630. The number of rotatable bonds is 7. The molecule has 0 aromatic carbocycles. The zero-order valence-corrected chi connectivity index (χ0v) is 9.25. The van der Waals surface area contributed by atoms with Gasteiger partial charge < -0.3 is 9.73 Å². The molecule has 0 fully saturated rings. The van der Waals surface area contributed by atoms with Crippen LogP contribution in [0, 0.1) is 0 Å². The number of hydrogen-bond acceptors (Lipinski definition) is 2. The largest absolute Gasteiger partial charge is 0.469 e. The molecular weight excluding hydrogens is 174 g/mol. The SMILES string of the molecule is CCCCC(C)NCCc1ccco1. The van der Waals surface area contributed by atoms with Gasteiger partial charge in [0.2, 0.25) is 0 Å². The van der Waals surface area contributed by atoms with Crippen molar-refractivity contribution in [1.29, 1.82) is 0 Å². The van der Waals surface area contributed by atoms with E-state index in [9.17, 15) is 0 Å². The molecule has 80 valence electrons. The fraction of sp³-hybridized carbons (Fsp3) is 0.667. The van der Waals surface area contributed by atoms with Crippen molar-refractivity contribution in [2.45, 2.75) is 45.6 Å². The van der Waals surface area contributed by atoms with E-state index in [1.165, 1.54) is 19.3 Å². The Morgan fingerprint density at radius 2 is 2.36 bits per heavy atom. The molecule has 0 aliphatic heterocycles. The summed E-state index contributed by atoms with van der Waals surface area (Å²) in [7, 11) is 0. The number of furan rings is 1. The molecule has 0 aliphatic carbocycles. The third-order valence-corrected chi connectivity index (χ3v) is 2.43. The zero-order chi connectivity index (χ0) is 10.2. The second-order valence-electron chi connectivity index (χ2n) is 3.83. The van der Waals surface area contributed by atoms with Crippen LogP contribution >= 0.6 is 0 Å². The average molecular weight is 195 g/mol. The molecule has 1 atom stereocenters. The highest BCUT2D eigenvalue weighted by molar-refractivity contribution is 4.98. The lowest BCUT2D eigenvalue weighted by atomic mass is 10.1. The molecule has 2 nitrogen and oxygen atoms in total. The molecule has 0 saturated heterocycles. The Morgan fingerprint density at radius 1 is 1.50 bits per heavy atom. The summed E-state index contributed by atoms with van der Waals surface area (Å²) in [5.74, 6) is 1.07. The van der Waals surface area contributed by atoms with Gasteiger partial charge >= 0.3 is 0 Å². The maximum absolute atomic E-state index is 5.26. The summed E-state index contributed by atoms with van der Waals surface area (Å²) in [6.07, 6.45) is 6.59. The number of nitrogens with one attached hydrogen (secondary N) is 1. The van der Waals surface area contributed by atoms with E-state index in [-0.39, 0.29) is 0 Å². The van der Waals surface area contributed by atoms with Gasteiger partial charge in [0.25, 0.3) is 0 Å². The van der Waals surface area contributed by atoms with Gasteiger partial charge in [-0.2, -0.15) is 0 Å². The van der Waals surface area contributed by atoms with Crippen LogP contribution in [0.2, 0.25) is 0 Å². The van der Waals surface area contributed by atoms with Gasteiger partial charge in [-0.15, -0.1) is 0 Å². The van der Waals surface area contributed by atoms with Gasteiger partial charge in [-0.05, 0) is 25.5 Å². The van der Waals surface area contributed by atoms with Gasteiger partial charge in [-0.3, -0.25) is 0 Å². The van der Waals surface area contributed by atoms with Crippen LogP contribution in [0.25, 0.3) is 0 Å². The van der Waals surface area contributed by atoms with Crippen molar-refractivity contribution >= 4 is 0 Å². The average Bonchev–Trinajstić information content (AvgIpc) is 2.67. The number of unbranched alkanes of at least 4 members (excludes halogenated alkanes) is 1. The lowest BCUT2D eigenvalue weighted by Crippen LogP contribution is -2.27. The fourth-order valence-corrected chi connectivity index (χ4v) is 1.51. The second kappa shape index (κ2) is 6.66. The molecule has 1 rings (SSSR count). The van der Waals surface area contributed by atoms with Gasteiger partial charge in [0.15, 0.2) is 0 Å². The van der Waals surface area contributed by atoms with Gasteiger partial charge in [0.1, 0.15) is 5.76 Å². The smallest absolute Gasteiger partial charge is 0.105 e. The van der Waals surface area contributed by atoms with E-state index in [1.54, 1.807) is 6.26 Å². The molecule has 0 aliphatic rings. The fourth-order valence-electron chi connectivity index (χ4n) is 1.51. The lowest BCUT2D eigenvalue weighted by Gasteiger charge is -2.12. The molecule has 2 heteroatoms. The molecule has 1 N–H and O–H groups in total. The van der Waals surface area contributed by atoms with Crippen LogP contribution in [0.1, 0.15) is 38.9 Å². The van der Waals surface area contributed by atoms with Crippen molar-refractivity contribution in [3.05, 3.63) is 24.2 Å². The first-order valence-corrected chi connectivity index (χ1v) is 5.58. The van der Waals surface area contributed by atoms with Crippen molar-refractivity contribution in [1.82, 2.24) is 5.32 Å². The normalized spacial score (nSPS) is 13.0. The molecule has 0 bridgehead atoms. The second-order valence-corrected chi connectivity index (χ2v) is 3.83. The third kappa shape index (κ3) is 4.47. The van der Waals surface area contributed by atoms with Crippen molar-refractivity contribution in [2.75, 3.05) is 6.54 Å². The van der Waals surface area contributed by atoms with Gasteiger partial charge in [-0.1, -0.05) is 19.8 Å². The summed E-state index contributed by atoms with van der Waals surface area (Å²) in [4.78, 5) is 0. The van der Waals surface area contributed by atoms with Crippen molar-refractivity contribution in [3.63, 3.8) is 0 Å². The quantitative estimate of drug-likeness (QED) is 0.723. The molecule has 0 radical (unpaired) electrons. The van der Waals surface area contributed by atoms with Gasteiger partial charge in [0.05, 0.1) is 6.26 Å². The lowest BCUT2D eigenvalue weighted by molar-refractivity contribution is 0.464. The van der Waals surface area contributed by atoms with Crippen LogP contribution < -0.4 is 5.32 Å². The Labute approximate surface area is 86.7 Å². The van der Waals surface area contributed by atoms with E-state index in [0.29, 0.717) is 6.04 Å². The van der Waals surface area contributed by atoms with Gasteiger partial charge in [-0.25, -0.2) is 0 Å². The third-order valence-electron chi connectivity index (χ3n) is 2.43. The first-order valence-electron chi connectivity index (χ1n) is 5.58. The highest BCUT2D eigenvalue weighted by Gasteiger charge is 2.00. The van der Waals surface area contributed by atoms with E-state index in [2.05, 4.69) is 19.2 Å². The summed E-state index contributed by atoms with van der Waals surface area (Å²) in [6, 6.07) is 4.60. The summed E-state index contributed by atoms with van der Waals surface area (Å²) in [5.41, 5.74) is 0. The summed E-state index contributed by atoms with van der Waals surface area (Å²) in [6.45, 7) is 5.49. The molecule has 0 spiro atoms. The predicted molar refractivity (Wildman–Crippen MR) is 59.4 cm³/mol. The first kappa shape index (κ1) is 11.3. The minimum atomic E-state index is 0.630. The van der Waals surface area contributed by atoms with E-state index >= 15 is 0 Å².